The minimum Gasteiger partial charge on any atom is -0.481 e. The highest BCUT2D eigenvalue weighted by atomic mass is 16.4. The van der Waals surface area contributed by atoms with Crippen LogP contribution >= 0.6 is 0 Å². The van der Waals surface area contributed by atoms with Crippen molar-refractivity contribution in [2.45, 2.75) is 32.6 Å². The van der Waals surface area contributed by atoms with Gasteiger partial charge in [0.25, 0.3) is 5.56 Å². The number of aromatic amines is 1. The summed E-state index contributed by atoms with van der Waals surface area (Å²) in [5.74, 6) is -0.617. The number of aryl methyl sites for hydroxylation is 1. The van der Waals surface area contributed by atoms with Crippen LogP contribution in [0.3, 0.4) is 0 Å². The van der Waals surface area contributed by atoms with Gasteiger partial charge >= 0.3 is 5.97 Å². The van der Waals surface area contributed by atoms with Gasteiger partial charge in [0, 0.05) is 17.7 Å². The normalized spacial score (nSPS) is 10.6. The fourth-order valence-corrected chi connectivity index (χ4v) is 1.29. The minimum absolute atomic E-state index is 0.00982. The Labute approximate surface area is 88.0 Å². The Balaban J connectivity index is 2.84. The molecule has 0 aromatic carbocycles. The minimum atomic E-state index is -0.887. The fourth-order valence-electron chi connectivity index (χ4n) is 1.29. The van der Waals surface area contributed by atoms with E-state index in [1.165, 1.54) is 0 Å². The molecule has 1 rings (SSSR count). The van der Waals surface area contributed by atoms with Crippen molar-refractivity contribution in [1.82, 2.24) is 4.98 Å². The van der Waals surface area contributed by atoms with Gasteiger partial charge in [-0.2, -0.15) is 0 Å². The standard InChI is InChI=1S/C11H15NO3/c1-7(2)9-5-3-8(11(15)12-9)4-6-10(13)14/h3,5,7H,4,6H2,1-2H3,(H,12,15)(H,13,14). The topological polar surface area (TPSA) is 70.2 Å². The number of aromatic nitrogens is 1. The van der Waals surface area contributed by atoms with Crippen molar-refractivity contribution >= 4 is 5.97 Å². The lowest BCUT2D eigenvalue weighted by atomic mass is 10.1. The molecular formula is C11H15NO3. The van der Waals surface area contributed by atoms with Crippen molar-refractivity contribution in [2.24, 2.45) is 0 Å². The monoisotopic (exact) mass is 209 g/mol. The highest BCUT2D eigenvalue weighted by Crippen LogP contribution is 2.09. The van der Waals surface area contributed by atoms with E-state index in [0.717, 1.165) is 5.69 Å². The number of carboxylic acid groups (broad SMARTS) is 1. The number of carboxylic acids is 1. The van der Waals surface area contributed by atoms with E-state index in [1.54, 1.807) is 6.07 Å². The third kappa shape index (κ3) is 3.23. The van der Waals surface area contributed by atoms with E-state index in [1.807, 2.05) is 19.9 Å². The molecule has 1 heterocycles. The third-order valence-electron chi connectivity index (χ3n) is 2.24. The molecule has 0 atom stereocenters. The van der Waals surface area contributed by atoms with E-state index in [0.29, 0.717) is 5.56 Å². The fraction of sp³-hybridized carbons (Fsp3) is 0.455. The molecule has 0 aliphatic rings. The number of hydrogen-bond acceptors (Lipinski definition) is 2. The summed E-state index contributed by atoms with van der Waals surface area (Å²) in [7, 11) is 0. The first kappa shape index (κ1) is 11.5. The van der Waals surface area contributed by atoms with Gasteiger partial charge in [-0.1, -0.05) is 19.9 Å². The van der Waals surface area contributed by atoms with E-state index in [2.05, 4.69) is 4.98 Å². The molecule has 0 saturated carbocycles. The summed E-state index contributed by atoms with van der Waals surface area (Å²) < 4.78 is 0. The quantitative estimate of drug-likeness (QED) is 0.789. The molecule has 0 amide bonds. The summed E-state index contributed by atoms with van der Waals surface area (Å²) in [4.78, 5) is 24.6. The van der Waals surface area contributed by atoms with Crippen molar-refractivity contribution < 1.29 is 9.90 Å². The lowest BCUT2D eigenvalue weighted by molar-refractivity contribution is -0.136. The molecule has 4 heteroatoms. The van der Waals surface area contributed by atoms with Crippen molar-refractivity contribution in [3.63, 3.8) is 0 Å². The first-order valence-electron chi connectivity index (χ1n) is 4.94. The van der Waals surface area contributed by atoms with Gasteiger partial charge in [0.1, 0.15) is 0 Å². The summed E-state index contributed by atoms with van der Waals surface area (Å²) >= 11 is 0. The highest BCUT2D eigenvalue weighted by Gasteiger charge is 2.05. The number of pyridine rings is 1. The molecular weight excluding hydrogens is 194 g/mol. The molecule has 0 saturated heterocycles. The maximum absolute atomic E-state index is 11.5. The number of rotatable bonds is 4. The molecule has 0 aliphatic heterocycles. The van der Waals surface area contributed by atoms with Crippen LogP contribution in [0.4, 0.5) is 0 Å². The Hall–Kier alpha value is -1.58. The summed E-state index contributed by atoms with van der Waals surface area (Å²) in [5, 5.41) is 8.50. The van der Waals surface area contributed by atoms with Crippen LogP contribution in [-0.4, -0.2) is 16.1 Å². The second kappa shape index (κ2) is 4.77. The average Bonchev–Trinajstić information content (AvgIpc) is 2.15. The van der Waals surface area contributed by atoms with Crippen molar-refractivity contribution in [1.29, 1.82) is 0 Å². The number of carbonyl (C=O) groups is 1. The van der Waals surface area contributed by atoms with Crippen LogP contribution in [0.1, 0.15) is 37.4 Å². The molecule has 4 nitrogen and oxygen atoms in total. The zero-order chi connectivity index (χ0) is 11.4. The predicted octanol–water partition coefficient (Wildman–Crippen LogP) is 1.52. The molecule has 0 fully saturated rings. The first-order chi connectivity index (χ1) is 7.00. The molecule has 0 bridgehead atoms. The summed E-state index contributed by atoms with van der Waals surface area (Å²) in [6.45, 7) is 3.98. The van der Waals surface area contributed by atoms with Gasteiger partial charge in [-0.05, 0) is 18.4 Å². The number of nitrogens with one attached hydrogen (secondary N) is 1. The van der Waals surface area contributed by atoms with Crippen LogP contribution in [0, 0.1) is 0 Å². The van der Waals surface area contributed by atoms with Gasteiger partial charge in [-0.25, -0.2) is 0 Å². The largest absolute Gasteiger partial charge is 0.481 e. The Kier molecular flexibility index (Phi) is 3.66. The average molecular weight is 209 g/mol. The van der Waals surface area contributed by atoms with Crippen LogP contribution < -0.4 is 5.56 Å². The molecule has 1 aromatic rings. The van der Waals surface area contributed by atoms with Gasteiger partial charge in [-0.15, -0.1) is 0 Å². The second-order valence-electron chi connectivity index (χ2n) is 3.82. The summed E-state index contributed by atoms with van der Waals surface area (Å²) in [5.41, 5.74) is 1.23. The Morgan fingerprint density at radius 2 is 2.13 bits per heavy atom. The molecule has 15 heavy (non-hydrogen) atoms. The zero-order valence-corrected chi connectivity index (χ0v) is 8.91. The van der Waals surface area contributed by atoms with Gasteiger partial charge in [-0.3, -0.25) is 9.59 Å². The van der Waals surface area contributed by atoms with Crippen LogP contribution in [-0.2, 0) is 11.2 Å². The van der Waals surface area contributed by atoms with Gasteiger partial charge in [0.05, 0.1) is 0 Å². The number of H-pyrrole nitrogens is 1. The van der Waals surface area contributed by atoms with E-state index in [-0.39, 0.29) is 24.3 Å². The van der Waals surface area contributed by atoms with Crippen LogP contribution in [0.25, 0.3) is 0 Å². The lowest BCUT2D eigenvalue weighted by Crippen LogP contribution is -2.15. The van der Waals surface area contributed by atoms with Crippen LogP contribution in [0.5, 0.6) is 0 Å². The number of aliphatic carboxylic acids is 1. The van der Waals surface area contributed by atoms with E-state index < -0.39 is 5.97 Å². The van der Waals surface area contributed by atoms with Gasteiger partial charge < -0.3 is 10.1 Å². The Bertz CT molecular complexity index is 407. The summed E-state index contributed by atoms with van der Waals surface area (Å²) in [6.07, 6.45) is 0.271. The molecule has 0 aliphatic carbocycles. The zero-order valence-electron chi connectivity index (χ0n) is 8.91. The van der Waals surface area contributed by atoms with E-state index >= 15 is 0 Å². The third-order valence-corrected chi connectivity index (χ3v) is 2.24. The second-order valence-corrected chi connectivity index (χ2v) is 3.82. The SMILES string of the molecule is CC(C)c1ccc(CCC(=O)O)c(=O)[nH]1. The molecule has 2 N–H and O–H groups in total. The Morgan fingerprint density at radius 3 is 2.60 bits per heavy atom. The lowest BCUT2D eigenvalue weighted by Gasteiger charge is -2.05. The van der Waals surface area contributed by atoms with Gasteiger partial charge in [0.2, 0.25) is 0 Å². The predicted molar refractivity (Wildman–Crippen MR) is 57.1 cm³/mol. The van der Waals surface area contributed by atoms with E-state index in [9.17, 15) is 9.59 Å². The molecule has 82 valence electrons. The molecule has 0 unspecified atom stereocenters. The maximum atomic E-state index is 11.5. The summed E-state index contributed by atoms with van der Waals surface area (Å²) in [6, 6.07) is 3.54. The van der Waals surface area contributed by atoms with Gasteiger partial charge in [0.15, 0.2) is 0 Å². The maximum Gasteiger partial charge on any atom is 0.303 e. The van der Waals surface area contributed by atoms with E-state index in [4.69, 9.17) is 5.11 Å². The highest BCUT2D eigenvalue weighted by molar-refractivity contribution is 5.67. The first-order valence-corrected chi connectivity index (χ1v) is 4.94. The van der Waals surface area contributed by atoms with Crippen molar-refractivity contribution in [2.75, 3.05) is 0 Å². The van der Waals surface area contributed by atoms with Crippen LogP contribution in [0.15, 0.2) is 16.9 Å². The Morgan fingerprint density at radius 1 is 1.47 bits per heavy atom. The van der Waals surface area contributed by atoms with Crippen molar-refractivity contribution in [3.8, 4) is 0 Å². The molecule has 0 radical (unpaired) electrons. The number of hydrogen-bond donors (Lipinski definition) is 2. The van der Waals surface area contributed by atoms with Crippen molar-refractivity contribution in [3.05, 3.63) is 33.7 Å². The smallest absolute Gasteiger partial charge is 0.303 e. The molecule has 0 spiro atoms. The molecule has 1 aromatic heterocycles. The van der Waals surface area contributed by atoms with Crippen LogP contribution in [0.2, 0.25) is 0 Å².